The molecule has 0 saturated heterocycles. The summed E-state index contributed by atoms with van der Waals surface area (Å²) >= 11 is 0. The summed E-state index contributed by atoms with van der Waals surface area (Å²) in [6.45, 7) is 0. The zero-order valence-electron chi connectivity index (χ0n) is 10.6. The molecule has 1 atom stereocenters. The zero-order valence-corrected chi connectivity index (χ0v) is 10.6. The molecule has 0 bridgehead atoms. The molecule has 0 spiro atoms. The third-order valence-corrected chi connectivity index (χ3v) is 3.65. The normalized spacial score (nSPS) is 20.8. The minimum Gasteiger partial charge on any atom is -0.481 e. The number of aliphatic carboxylic acids is 2. The van der Waals surface area contributed by atoms with Crippen molar-refractivity contribution in [3.05, 3.63) is 35.1 Å². The molecule has 1 aliphatic rings. The fourth-order valence-electron chi connectivity index (χ4n) is 2.60. The van der Waals surface area contributed by atoms with Crippen molar-refractivity contribution in [1.82, 2.24) is 0 Å². The molecule has 0 radical (unpaired) electrons. The summed E-state index contributed by atoms with van der Waals surface area (Å²) < 4.78 is 13.2. The van der Waals surface area contributed by atoms with Crippen molar-refractivity contribution in [3.63, 3.8) is 0 Å². The van der Waals surface area contributed by atoms with E-state index in [0.717, 1.165) is 6.07 Å². The highest BCUT2D eigenvalue weighted by Crippen LogP contribution is 2.41. The van der Waals surface area contributed by atoms with Crippen LogP contribution in [0.1, 0.15) is 35.2 Å². The topological polar surface area (TPSA) is 91.7 Å². The number of rotatable bonds is 5. The van der Waals surface area contributed by atoms with Crippen LogP contribution in [-0.4, -0.2) is 27.9 Å². The summed E-state index contributed by atoms with van der Waals surface area (Å²) in [5, 5.41) is 18.0. The summed E-state index contributed by atoms with van der Waals surface area (Å²) in [5.41, 5.74) is -1.08. The lowest BCUT2D eigenvalue weighted by Gasteiger charge is -2.21. The standard InChI is InChI=1S/C14H13FO5/c15-9-4-3-8-7-14(13(19)20,5-1-2-11(16)17)12(18)10(8)6-9/h3-4,6H,1-2,5,7H2,(H,16,17)(H,19,20). The van der Waals surface area contributed by atoms with Crippen LogP contribution in [-0.2, 0) is 16.0 Å². The van der Waals surface area contributed by atoms with Gasteiger partial charge in [-0.05, 0) is 37.0 Å². The van der Waals surface area contributed by atoms with Gasteiger partial charge in [0.05, 0.1) is 0 Å². The van der Waals surface area contributed by atoms with Crippen LogP contribution in [0.15, 0.2) is 18.2 Å². The van der Waals surface area contributed by atoms with Crippen LogP contribution in [0, 0.1) is 11.2 Å². The SMILES string of the molecule is O=C(O)CCCC1(C(=O)O)Cc2ccc(F)cc2C1=O. The third kappa shape index (κ3) is 2.29. The van der Waals surface area contributed by atoms with Gasteiger partial charge in [0.25, 0.3) is 0 Å². The quantitative estimate of drug-likeness (QED) is 0.803. The molecule has 6 heteroatoms. The number of carboxylic acids is 2. The molecule has 1 unspecified atom stereocenters. The second-order valence-corrected chi connectivity index (χ2v) is 4.94. The first kappa shape index (κ1) is 14.2. The fourth-order valence-corrected chi connectivity index (χ4v) is 2.60. The summed E-state index contributed by atoms with van der Waals surface area (Å²) in [4.78, 5) is 34.3. The summed E-state index contributed by atoms with van der Waals surface area (Å²) in [6, 6.07) is 3.63. The number of fused-ring (bicyclic) bond motifs is 1. The Hall–Kier alpha value is -2.24. The number of carbonyl (C=O) groups is 3. The van der Waals surface area contributed by atoms with Gasteiger partial charge in [-0.15, -0.1) is 0 Å². The van der Waals surface area contributed by atoms with E-state index in [1.54, 1.807) is 0 Å². The van der Waals surface area contributed by atoms with Crippen LogP contribution < -0.4 is 0 Å². The van der Waals surface area contributed by atoms with E-state index >= 15 is 0 Å². The van der Waals surface area contributed by atoms with Gasteiger partial charge in [-0.3, -0.25) is 14.4 Å². The third-order valence-electron chi connectivity index (χ3n) is 3.65. The Bertz CT molecular complexity index is 595. The van der Waals surface area contributed by atoms with E-state index in [-0.39, 0.29) is 31.2 Å². The van der Waals surface area contributed by atoms with Crippen LogP contribution in [0.3, 0.4) is 0 Å². The highest BCUT2D eigenvalue weighted by Gasteiger charge is 2.51. The highest BCUT2D eigenvalue weighted by atomic mass is 19.1. The van der Waals surface area contributed by atoms with Gasteiger partial charge in [0, 0.05) is 12.0 Å². The van der Waals surface area contributed by atoms with E-state index in [1.807, 2.05) is 0 Å². The Morgan fingerprint density at radius 1 is 1.30 bits per heavy atom. The Morgan fingerprint density at radius 2 is 2.00 bits per heavy atom. The molecular weight excluding hydrogens is 267 g/mol. The van der Waals surface area contributed by atoms with Crippen LogP contribution in [0.5, 0.6) is 0 Å². The van der Waals surface area contributed by atoms with Crippen molar-refractivity contribution in [2.24, 2.45) is 5.41 Å². The maximum absolute atomic E-state index is 13.2. The van der Waals surface area contributed by atoms with Gasteiger partial charge in [-0.25, -0.2) is 4.39 Å². The Labute approximate surface area is 114 Å². The van der Waals surface area contributed by atoms with Gasteiger partial charge < -0.3 is 10.2 Å². The van der Waals surface area contributed by atoms with Crippen molar-refractivity contribution >= 4 is 17.7 Å². The van der Waals surface area contributed by atoms with Crippen molar-refractivity contribution in [3.8, 4) is 0 Å². The van der Waals surface area contributed by atoms with Crippen molar-refractivity contribution < 1.29 is 29.0 Å². The van der Waals surface area contributed by atoms with Gasteiger partial charge >= 0.3 is 11.9 Å². The van der Waals surface area contributed by atoms with Crippen LogP contribution in [0.4, 0.5) is 4.39 Å². The summed E-state index contributed by atoms with van der Waals surface area (Å²) in [6.07, 6.45) is -0.197. The van der Waals surface area contributed by atoms with E-state index in [2.05, 4.69) is 0 Å². The lowest BCUT2D eigenvalue weighted by Crippen LogP contribution is -2.37. The maximum Gasteiger partial charge on any atom is 0.317 e. The minimum atomic E-state index is -1.66. The molecule has 1 aromatic rings. The van der Waals surface area contributed by atoms with Gasteiger partial charge in [0.2, 0.25) is 0 Å². The molecule has 20 heavy (non-hydrogen) atoms. The molecule has 0 amide bonds. The van der Waals surface area contributed by atoms with Crippen molar-refractivity contribution in [2.75, 3.05) is 0 Å². The number of benzene rings is 1. The molecule has 1 aliphatic carbocycles. The minimum absolute atomic E-state index is 0.0175. The largest absolute Gasteiger partial charge is 0.481 e. The lowest BCUT2D eigenvalue weighted by atomic mass is 9.79. The second kappa shape index (κ2) is 5.03. The van der Waals surface area contributed by atoms with E-state index in [4.69, 9.17) is 5.11 Å². The Balaban J connectivity index is 2.30. The molecule has 0 aliphatic heterocycles. The van der Waals surface area contributed by atoms with Crippen LogP contribution in [0.2, 0.25) is 0 Å². The fraction of sp³-hybridized carbons (Fsp3) is 0.357. The Kier molecular flexibility index (Phi) is 3.57. The number of halogens is 1. The number of carboxylic acid groups (broad SMARTS) is 2. The molecule has 0 heterocycles. The van der Waals surface area contributed by atoms with E-state index in [9.17, 15) is 23.9 Å². The molecule has 2 rings (SSSR count). The molecule has 0 aromatic heterocycles. The van der Waals surface area contributed by atoms with Crippen molar-refractivity contribution in [1.29, 1.82) is 0 Å². The molecule has 0 saturated carbocycles. The molecular formula is C14H13FO5. The summed E-state index contributed by atoms with van der Waals surface area (Å²) in [5.74, 6) is -3.56. The van der Waals surface area contributed by atoms with Gasteiger partial charge in [0.1, 0.15) is 11.2 Å². The predicted molar refractivity (Wildman–Crippen MR) is 66.0 cm³/mol. The molecule has 5 nitrogen and oxygen atoms in total. The molecule has 106 valence electrons. The average molecular weight is 280 g/mol. The number of Topliss-reactive ketones (excluding diaryl/α,β-unsaturated/α-hetero) is 1. The first-order valence-electron chi connectivity index (χ1n) is 6.15. The predicted octanol–water partition coefficient (Wildman–Crippen LogP) is 1.89. The van der Waals surface area contributed by atoms with Crippen molar-refractivity contribution in [2.45, 2.75) is 25.7 Å². The lowest BCUT2D eigenvalue weighted by molar-refractivity contribution is -0.146. The highest BCUT2D eigenvalue weighted by molar-refractivity contribution is 6.15. The van der Waals surface area contributed by atoms with Crippen LogP contribution >= 0.6 is 0 Å². The molecule has 2 N–H and O–H groups in total. The number of ketones is 1. The monoisotopic (exact) mass is 280 g/mol. The van der Waals surface area contributed by atoms with Gasteiger partial charge in [0.15, 0.2) is 5.78 Å². The summed E-state index contributed by atoms with van der Waals surface area (Å²) in [7, 11) is 0. The van der Waals surface area contributed by atoms with Gasteiger partial charge in [-0.2, -0.15) is 0 Å². The first-order chi connectivity index (χ1) is 9.36. The second-order valence-electron chi connectivity index (χ2n) is 4.94. The number of hydrogen-bond donors (Lipinski definition) is 2. The number of carbonyl (C=O) groups excluding carboxylic acids is 1. The van der Waals surface area contributed by atoms with Gasteiger partial charge in [-0.1, -0.05) is 6.07 Å². The molecule has 1 aromatic carbocycles. The average Bonchev–Trinajstić information content (AvgIpc) is 2.64. The van der Waals surface area contributed by atoms with E-state index < -0.39 is 29.0 Å². The number of hydrogen-bond acceptors (Lipinski definition) is 3. The maximum atomic E-state index is 13.2. The first-order valence-corrected chi connectivity index (χ1v) is 6.15. The van der Waals surface area contributed by atoms with E-state index in [1.165, 1.54) is 12.1 Å². The zero-order chi connectivity index (χ0) is 14.9. The van der Waals surface area contributed by atoms with E-state index in [0.29, 0.717) is 5.56 Å². The smallest absolute Gasteiger partial charge is 0.317 e. The van der Waals surface area contributed by atoms with Crippen LogP contribution in [0.25, 0.3) is 0 Å². The molecule has 0 fully saturated rings. The Morgan fingerprint density at radius 3 is 2.60 bits per heavy atom.